The Morgan fingerprint density at radius 2 is 1.20 bits per heavy atom. The first-order valence-corrected chi connectivity index (χ1v) is 2.78. The molecule has 28 valence electrons. The van der Waals surface area contributed by atoms with Crippen molar-refractivity contribution in [2.45, 2.75) is 0 Å². The molecule has 0 bridgehead atoms. The maximum atomic E-state index is 4.68. The van der Waals surface area contributed by atoms with Gasteiger partial charge in [-0.05, 0) is 21.4 Å². The van der Waals surface area contributed by atoms with Gasteiger partial charge in [0.2, 0.25) is 0 Å². The van der Waals surface area contributed by atoms with Crippen molar-refractivity contribution >= 4 is 80.9 Å². The number of halogens is 2. The fourth-order valence-electron chi connectivity index (χ4n) is 0. The van der Waals surface area contributed by atoms with E-state index >= 15 is 0 Å². The van der Waals surface area contributed by atoms with Gasteiger partial charge in [-0.3, -0.25) is 0 Å². The molecule has 0 heterocycles. The van der Waals surface area contributed by atoms with Gasteiger partial charge < -0.3 is 0 Å². The molecule has 0 aliphatic rings. The van der Waals surface area contributed by atoms with Crippen LogP contribution in [-0.2, 0) is 0 Å². The van der Waals surface area contributed by atoms with Crippen LogP contribution in [0.1, 0.15) is 0 Å². The molecule has 0 aliphatic heterocycles. The molecule has 0 aromatic heterocycles. The molecule has 0 atom stereocenters. The molecule has 0 unspecified atom stereocenters. The molecule has 5 heavy (non-hydrogen) atoms. The van der Waals surface area contributed by atoms with Crippen molar-refractivity contribution in [3.8, 4) is 0 Å². The van der Waals surface area contributed by atoms with Gasteiger partial charge in [-0.25, -0.2) is 0 Å². The summed E-state index contributed by atoms with van der Waals surface area (Å²) in [5.74, 6) is 0. The van der Waals surface area contributed by atoms with Gasteiger partial charge in [-0.1, -0.05) is 0 Å². The Morgan fingerprint density at radius 1 is 1.20 bits per heavy atom. The van der Waals surface area contributed by atoms with Gasteiger partial charge in [0.25, 0.3) is 0 Å². The van der Waals surface area contributed by atoms with E-state index in [1.54, 1.807) is 0 Å². The van der Waals surface area contributed by atoms with Gasteiger partial charge in [0, 0.05) is 0 Å². The summed E-state index contributed by atoms with van der Waals surface area (Å²) in [7, 11) is 10.1. The summed E-state index contributed by atoms with van der Waals surface area (Å²) >= 11 is 0. The van der Waals surface area contributed by atoms with Crippen molar-refractivity contribution in [2.24, 2.45) is 0 Å². The van der Waals surface area contributed by atoms with Gasteiger partial charge >= 0.3 is 49.3 Å². The molecule has 0 aromatic carbocycles. The predicted octanol–water partition coefficient (Wildman–Crippen LogP) is 0.195. The zero-order chi connectivity index (χ0) is 2.71. The van der Waals surface area contributed by atoms with E-state index in [9.17, 15) is 0 Å². The topological polar surface area (TPSA) is 0 Å². The molecule has 0 rings (SSSR count). The van der Waals surface area contributed by atoms with Crippen molar-refractivity contribution in [1.29, 1.82) is 0 Å². The van der Waals surface area contributed by atoms with Crippen LogP contribution in [0.4, 0.5) is 0 Å². The first-order chi connectivity index (χ1) is 1.41. The average molecular weight is 200 g/mol. The van der Waals surface area contributed by atoms with E-state index < -0.39 is 0 Å². The van der Waals surface area contributed by atoms with Crippen LogP contribution >= 0.6 is 31.6 Å². The van der Waals surface area contributed by atoms with E-state index in [1.165, 1.54) is 0 Å². The normalized spacial score (nSPS) is 3.60. The van der Waals surface area contributed by atoms with Crippen molar-refractivity contribution in [3.63, 3.8) is 0 Å². The molecule has 0 amide bonds. The van der Waals surface area contributed by atoms with E-state index in [4.69, 9.17) is 0 Å². The summed E-state index contributed by atoms with van der Waals surface area (Å²) in [5.41, 5.74) is 0. The van der Waals surface area contributed by atoms with Crippen LogP contribution < -0.4 is 0 Å². The zero-order valence-corrected chi connectivity index (χ0v) is 3.49. The number of hydrogen-bond acceptors (Lipinski definition) is 1. The summed E-state index contributed by atoms with van der Waals surface area (Å²) in [5, 5.41) is 0. The third kappa shape index (κ3) is 20.8. The maximum absolute atomic E-state index is 4.68. The predicted molar refractivity (Wildman–Crippen MR) is 36.4 cm³/mol. The van der Waals surface area contributed by atoms with Gasteiger partial charge in [0.15, 0.2) is 0 Å². The van der Waals surface area contributed by atoms with Crippen molar-refractivity contribution in [3.05, 3.63) is 0 Å². The number of rotatable bonds is 0. The second-order valence-electron chi connectivity index (χ2n) is 0.0583. The van der Waals surface area contributed by atoms with Crippen LogP contribution in [-0.4, -0.2) is 49.3 Å². The van der Waals surface area contributed by atoms with E-state index in [2.05, 4.69) is 21.4 Å². The molecule has 0 N–H and O–H groups in total. The second kappa shape index (κ2) is 16.0. The molecule has 0 saturated heterocycles. The van der Waals surface area contributed by atoms with Crippen LogP contribution in [0.3, 0.4) is 0 Å². The Balaban J connectivity index is -0.0000000200. The average Bonchev–Trinajstić information content (AvgIpc) is 0.918. The summed E-state index contributed by atoms with van der Waals surface area (Å²) in [6, 6.07) is 0. The molecule has 0 aromatic rings. The standard InChI is InChI=1S/Cl2S.Ga.Na.4H/c1-3-2;;;;;;. The minimum absolute atomic E-state index is 0. The Labute approximate surface area is 79.7 Å². The fraction of sp³-hybridized carbons (Fsp3) is 0. The van der Waals surface area contributed by atoms with E-state index in [0.29, 0.717) is 10.2 Å². The van der Waals surface area contributed by atoms with Crippen LogP contribution in [0.2, 0.25) is 0 Å². The Bertz CT molecular complexity index is 9.61. The van der Waals surface area contributed by atoms with Crippen LogP contribution in [0.25, 0.3) is 0 Å². The first kappa shape index (κ1) is 15.6. The van der Waals surface area contributed by atoms with Crippen LogP contribution in [0.5, 0.6) is 0 Å². The molecule has 0 aliphatic carbocycles. The summed E-state index contributed by atoms with van der Waals surface area (Å²) < 4.78 is 0. The summed E-state index contributed by atoms with van der Waals surface area (Å²) in [6.45, 7) is 0. The van der Waals surface area contributed by atoms with Gasteiger partial charge in [-0.15, -0.1) is 0 Å². The van der Waals surface area contributed by atoms with E-state index in [0.717, 1.165) is 0 Å². The molecular formula is H4Cl2GaNaS. The van der Waals surface area contributed by atoms with Crippen molar-refractivity contribution in [1.82, 2.24) is 0 Å². The monoisotopic (exact) mass is 198 g/mol. The fourth-order valence-corrected chi connectivity index (χ4v) is 0. The Hall–Kier alpha value is 2.57. The SMILES string of the molecule is ClSCl.[GaH3].[NaH]. The molecular weight excluding hydrogens is 196 g/mol. The van der Waals surface area contributed by atoms with Gasteiger partial charge in [0.1, 0.15) is 0 Å². The quantitative estimate of drug-likeness (QED) is 0.503. The Morgan fingerprint density at radius 3 is 1.20 bits per heavy atom. The molecule has 0 fully saturated rings. The molecule has 0 spiro atoms. The van der Waals surface area contributed by atoms with Crippen molar-refractivity contribution < 1.29 is 0 Å². The molecule has 0 nitrogen and oxygen atoms in total. The third-order valence-electron chi connectivity index (χ3n) is 0. The third-order valence-corrected chi connectivity index (χ3v) is 0. The van der Waals surface area contributed by atoms with Crippen LogP contribution in [0, 0.1) is 0 Å². The molecule has 5 heteroatoms. The molecule has 0 radical (unpaired) electrons. The van der Waals surface area contributed by atoms with Crippen molar-refractivity contribution in [2.75, 3.05) is 0 Å². The van der Waals surface area contributed by atoms with E-state index in [1.807, 2.05) is 0 Å². The van der Waals surface area contributed by atoms with E-state index in [-0.39, 0.29) is 49.3 Å². The summed E-state index contributed by atoms with van der Waals surface area (Å²) in [4.78, 5) is 0. The first-order valence-electron chi connectivity index (χ1n) is 0.309. The Kier molecular flexibility index (Phi) is 50.1. The number of hydrogen-bond donors (Lipinski definition) is 0. The van der Waals surface area contributed by atoms with Gasteiger partial charge in [0.05, 0.1) is 10.2 Å². The van der Waals surface area contributed by atoms with Gasteiger partial charge in [-0.2, -0.15) is 0 Å². The van der Waals surface area contributed by atoms with Crippen LogP contribution in [0.15, 0.2) is 0 Å². The zero-order valence-electron chi connectivity index (χ0n) is 1.16. The molecule has 0 saturated carbocycles. The minimum atomic E-state index is 0. The summed E-state index contributed by atoms with van der Waals surface area (Å²) in [6.07, 6.45) is 0. The second-order valence-corrected chi connectivity index (χ2v) is 1.57.